The highest BCUT2D eigenvalue weighted by Crippen LogP contribution is 2.42. The van der Waals surface area contributed by atoms with E-state index in [2.05, 4.69) is 104 Å². The lowest BCUT2D eigenvalue weighted by molar-refractivity contribution is 0.0586. The standard InChI is InChI=1S/C35H36N8/c1-40-16-18-41(19-17-40)28-20-27(21-28)35-39-31(32-33(36)37-14-15-42(32)35)26-12-13-30-29(22-26)38-34(25-10-6-3-7-11-25)43(30)23-24-8-4-2-5-9-24/h2-15,22,27-28H,16-21,23H2,1H3,(H2,36,37). The van der Waals surface area contributed by atoms with Crippen LogP contribution >= 0.6 is 0 Å². The Labute approximate surface area is 251 Å². The van der Waals surface area contributed by atoms with Gasteiger partial charge >= 0.3 is 0 Å². The predicted molar refractivity (Wildman–Crippen MR) is 172 cm³/mol. The van der Waals surface area contributed by atoms with Gasteiger partial charge in [-0.25, -0.2) is 15.0 Å². The van der Waals surface area contributed by atoms with Crippen molar-refractivity contribution in [3.8, 4) is 22.6 Å². The molecule has 0 bridgehead atoms. The van der Waals surface area contributed by atoms with Crippen LogP contribution in [0.5, 0.6) is 0 Å². The summed E-state index contributed by atoms with van der Waals surface area (Å²) in [6, 6.07) is 28.1. The molecule has 1 saturated heterocycles. The SMILES string of the molecule is CN1CCN(C2CC(c3nc(-c4ccc5c(c4)nc(-c4ccccc4)n5Cc4ccccc4)c4c(N)nccn34)C2)CC1. The third-order valence-electron chi connectivity index (χ3n) is 9.38. The van der Waals surface area contributed by atoms with Crippen LogP contribution in [0.4, 0.5) is 5.82 Å². The number of imidazole rings is 2. The summed E-state index contributed by atoms with van der Waals surface area (Å²) >= 11 is 0. The van der Waals surface area contributed by atoms with Crippen molar-refractivity contribution < 1.29 is 0 Å². The van der Waals surface area contributed by atoms with Crippen molar-refractivity contribution in [3.05, 3.63) is 103 Å². The number of fused-ring (bicyclic) bond motifs is 2. The zero-order valence-electron chi connectivity index (χ0n) is 24.5. The molecule has 0 atom stereocenters. The third kappa shape index (κ3) is 4.67. The average Bonchev–Trinajstić information content (AvgIpc) is 3.58. The molecule has 4 heterocycles. The minimum absolute atomic E-state index is 0.409. The molecule has 6 aromatic rings. The summed E-state index contributed by atoms with van der Waals surface area (Å²) in [5.74, 6) is 2.96. The normalized spacial score (nSPS) is 19.7. The van der Waals surface area contributed by atoms with Crippen LogP contribution in [-0.2, 0) is 6.54 Å². The van der Waals surface area contributed by atoms with Crippen molar-refractivity contribution in [2.45, 2.75) is 31.3 Å². The number of hydrogen-bond acceptors (Lipinski definition) is 6. The maximum absolute atomic E-state index is 6.52. The van der Waals surface area contributed by atoms with Crippen molar-refractivity contribution in [3.63, 3.8) is 0 Å². The minimum atomic E-state index is 0.409. The number of rotatable bonds is 6. The number of benzene rings is 3. The number of aromatic nitrogens is 5. The molecule has 1 aliphatic carbocycles. The van der Waals surface area contributed by atoms with Gasteiger partial charge in [-0.15, -0.1) is 0 Å². The van der Waals surface area contributed by atoms with Crippen LogP contribution in [0.3, 0.4) is 0 Å². The molecular weight excluding hydrogens is 532 g/mol. The predicted octanol–water partition coefficient (Wildman–Crippen LogP) is 5.54. The van der Waals surface area contributed by atoms with E-state index in [9.17, 15) is 0 Å². The smallest absolute Gasteiger partial charge is 0.150 e. The molecular formula is C35H36N8. The van der Waals surface area contributed by atoms with E-state index in [-0.39, 0.29) is 0 Å². The Morgan fingerprint density at radius 1 is 0.837 bits per heavy atom. The van der Waals surface area contributed by atoms with Crippen molar-refractivity contribution in [1.29, 1.82) is 0 Å². The summed E-state index contributed by atoms with van der Waals surface area (Å²) < 4.78 is 4.49. The highest BCUT2D eigenvalue weighted by Gasteiger charge is 2.38. The van der Waals surface area contributed by atoms with Crippen LogP contribution < -0.4 is 5.73 Å². The van der Waals surface area contributed by atoms with Gasteiger partial charge in [0.25, 0.3) is 0 Å². The van der Waals surface area contributed by atoms with E-state index in [1.807, 2.05) is 12.3 Å². The van der Waals surface area contributed by atoms with Crippen LogP contribution in [0.1, 0.15) is 30.1 Å². The fourth-order valence-corrected chi connectivity index (χ4v) is 6.87. The summed E-state index contributed by atoms with van der Waals surface area (Å²) in [4.78, 5) is 20.0. The second-order valence-electron chi connectivity index (χ2n) is 12.1. The van der Waals surface area contributed by atoms with Gasteiger partial charge in [0.15, 0.2) is 0 Å². The molecule has 1 saturated carbocycles. The van der Waals surface area contributed by atoms with Crippen LogP contribution in [-0.4, -0.2) is 73.0 Å². The lowest BCUT2D eigenvalue weighted by atomic mass is 9.78. The molecule has 1 aliphatic heterocycles. The fourth-order valence-electron chi connectivity index (χ4n) is 6.87. The van der Waals surface area contributed by atoms with Gasteiger partial charge in [0.1, 0.15) is 28.7 Å². The average molecular weight is 569 g/mol. The molecule has 2 fully saturated rings. The Kier molecular flexibility index (Phi) is 6.46. The van der Waals surface area contributed by atoms with E-state index in [1.54, 1.807) is 6.20 Å². The number of nitrogens with zero attached hydrogens (tertiary/aromatic N) is 7. The highest BCUT2D eigenvalue weighted by molar-refractivity contribution is 5.91. The van der Waals surface area contributed by atoms with Crippen molar-refractivity contribution in [2.24, 2.45) is 0 Å². The van der Waals surface area contributed by atoms with Crippen LogP contribution in [0.25, 0.3) is 39.2 Å². The molecule has 3 aromatic carbocycles. The molecule has 0 unspecified atom stereocenters. The largest absolute Gasteiger partial charge is 0.382 e. The molecule has 2 aliphatic rings. The second-order valence-corrected chi connectivity index (χ2v) is 12.1. The summed E-state index contributed by atoms with van der Waals surface area (Å²) in [6.07, 6.45) is 6.07. The number of nitrogens with two attached hydrogens (primary N) is 1. The van der Waals surface area contributed by atoms with E-state index >= 15 is 0 Å². The Hall–Kier alpha value is -4.53. The van der Waals surface area contributed by atoms with Crippen molar-refractivity contribution in [1.82, 2.24) is 33.7 Å². The van der Waals surface area contributed by atoms with E-state index in [0.717, 1.165) is 90.6 Å². The quantitative estimate of drug-likeness (QED) is 0.284. The number of nitrogen functional groups attached to an aromatic ring is 1. The van der Waals surface area contributed by atoms with Gasteiger partial charge < -0.3 is 15.2 Å². The summed E-state index contributed by atoms with van der Waals surface area (Å²) in [5.41, 5.74) is 13.7. The van der Waals surface area contributed by atoms with Crippen LogP contribution in [0.2, 0.25) is 0 Å². The molecule has 0 radical (unpaired) electrons. The number of hydrogen-bond donors (Lipinski definition) is 1. The second kappa shape index (κ2) is 10.6. The number of piperazine rings is 1. The lowest BCUT2D eigenvalue weighted by Gasteiger charge is -2.45. The Morgan fingerprint density at radius 2 is 1.58 bits per heavy atom. The first-order valence-corrected chi connectivity index (χ1v) is 15.3. The van der Waals surface area contributed by atoms with Crippen LogP contribution in [0, 0.1) is 0 Å². The third-order valence-corrected chi connectivity index (χ3v) is 9.38. The van der Waals surface area contributed by atoms with Crippen molar-refractivity contribution in [2.75, 3.05) is 39.0 Å². The number of anilines is 1. The Morgan fingerprint density at radius 3 is 2.35 bits per heavy atom. The first-order chi connectivity index (χ1) is 21.1. The first kappa shape index (κ1) is 26.1. The zero-order chi connectivity index (χ0) is 28.9. The maximum Gasteiger partial charge on any atom is 0.150 e. The van der Waals surface area contributed by atoms with E-state index < -0.39 is 0 Å². The maximum atomic E-state index is 6.52. The van der Waals surface area contributed by atoms with Gasteiger partial charge in [0.2, 0.25) is 0 Å². The summed E-state index contributed by atoms with van der Waals surface area (Å²) in [5, 5.41) is 0. The molecule has 3 aromatic heterocycles. The van der Waals surface area contributed by atoms with Gasteiger partial charge in [-0.1, -0.05) is 66.7 Å². The molecule has 216 valence electrons. The summed E-state index contributed by atoms with van der Waals surface area (Å²) in [7, 11) is 2.21. The van der Waals surface area contributed by atoms with Crippen LogP contribution in [0.15, 0.2) is 91.3 Å². The van der Waals surface area contributed by atoms with Gasteiger partial charge in [0.05, 0.1) is 11.0 Å². The molecule has 43 heavy (non-hydrogen) atoms. The molecule has 8 heteroatoms. The van der Waals surface area contributed by atoms with Gasteiger partial charge in [-0.3, -0.25) is 9.30 Å². The minimum Gasteiger partial charge on any atom is -0.382 e. The Balaban J connectivity index is 1.18. The number of likely N-dealkylation sites (N-methyl/N-ethyl adjacent to an activating group) is 1. The molecule has 8 rings (SSSR count). The highest BCUT2D eigenvalue weighted by atomic mass is 15.3. The zero-order valence-corrected chi connectivity index (χ0v) is 24.5. The van der Waals surface area contributed by atoms with Crippen molar-refractivity contribution >= 4 is 22.4 Å². The van der Waals surface area contributed by atoms with Gasteiger partial charge in [-0.05, 0) is 37.6 Å². The molecule has 2 N–H and O–H groups in total. The Bertz CT molecular complexity index is 1890. The van der Waals surface area contributed by atoms with E-state index in [1.165, 1.54) is 5.56 Å². The topological polar surface area (TPSA) is 80.5 Å². The van der Waals surface area contributed by atoms with E-state index in [4.69, 9.17) is 15.7 Å². The van der Waals surface area contributed by atoms with Gasteiger partial charge in [-0.2, -0.15) is 0 Å². The fraction of sp³-hybridized carbons (Fsp3) is 0.286. The lowest BCUT2D eigenvalue weighted by Crippen LogP contribution is -2.52. The monoisotopic (exact) mass is 568 g/mol. The van der Waals surface area contributed by atoms with Gasteiger partial charge in [0, 0.05) is 68.2 Å². The summed E-state index contributed by atoms with van der Waals surface area (Å²) in [6.45, 7) is 5.34. The van der Waals surface area contributed by atoms with E-state index in [0.29, 0.717) is 17.8 Å². The molecule has 8 nitrogen and oxygen atoms in total. The first-order valence-electron chi connectivity index (χ1n) is 15.3. The molecule has 0 amide bonds. The molecule has 0 spiro atoms.